The molecule has 2 nitrogen and oxygen atoms in total. The number of thiazole rings is 1. The first-order valence-electron chi connectivity index (χ1n) is 6.48. The summed E-state index contributed by atoms with van der Waals surface area (Å²) in [5, 5.41) is 13.0. The second-order valence-electron chi connectivity index (χ2n) is 5.08. The first-order valence-corrected chi connectivity index (χ1v) is 7.30. The van der Waals surface area contributed by atoms with E-state index in [9.17, 15) is 5.11 Å². The fraction of sp³-hybridized carbons (Fsp3) is 0.188. The van der Waals surface area contributed by atoms with Gasteiger partial charge in [-0.2, -0.15) is 0 Å². The standard InChI is InChI=1S/C16H13NOS/c18-14-6-5-11-7-13(4-3-12(11)8-14)15-9-17-16(19-15)10-1-2-10/h3-10,18H,1-2H2. The lowest BCUT2D eigenvalue weighted by molar-refractivity contribution is 0.476. The minimum Gasteiger partial charge on any atom is -0.508 e. The van der Waals surface area contributed by atoms with Gasteiger partial charge in [-0.25, -0.2) is 4.98 Å². The van der Waals surface area contributed by atoms with Crippen LogP contribution < -0.4 is 0 Å². The van der Waals surface area contributed by atoms with Gasteiger partial charge >= 0.3 is 0 Å². The topological polar surface area (TPSA) is 33.1 Å². The van der Waals surface area contributed by atoms with Crippen molar-refractivity contribution in [1.82, 2.24) is 4.98 Å². The van der Waals surface area contributed by atoms with Crippen molar-refractivity contribution < 1.29 is 5.11 Å². The van der Waals surface area contributed by atoms with E-state index in [-0.39, 0.29) is 0 Å². The highest BCUT2D eigenvalue weighted by molar-refractivity contribution is 7.15. The number of phenols is 1. The quantitative estimate of drug-likeness (QED) is 0.739. The van der Waals surface area contributed by atoms with Crippen LogP contribution in [0.3, 0.4) is 0 Å². The smallest absolute Gasteiger partial charge is 0.116 e. The van der Waals surface area contributed by atoms with Crippen LogP contribution in [0.4, 0.5) is 0 Å². The molecule has 1 aromatic heterocycles. The molecule has 0 aliphatic heterocycles. The van der Waals surface area contributed by atoms with Crippen LogP contribution in [-0.4, -0.2) is 10.1 Å². The van der Waals surface area contributed by atoms with E-state index in [1.54, 1.807) is 12.1 Å². The Balaban J connectivity index is 1.78. The normalized spacial score (nSPS) is 14.9. The van der Waals surface area contributed by atoms with Gasteiger partial charge in [0.15, 0.2) is 0 Å². The molecule has 0 bridgehead atoms. The fourth-order valence-corrected chi connectivity index (χ4v) is 3.41. The maximum Gasteiger partial charge on any atom is 0.116 e. The average molecular weight is 267 g/mol. The molecular formula is C16H13NOS. The van der Waals surface area contributed by atoms with Gasteiger partial charge in [-0.05, 0) is 47.4 Å². The maximum atomic E-state index is 9.48. The van der Waals surface area contributed by atoms with Crippen LogP contribution >= 0.6 is 11.3 Å². The van der Waals surface area contributed by atoms with E-state index >= 15 is 0 Å². The number of hydrogen-bond donors (Lipinski definition) is 1. The van der Waals surface area contributed by atoms with Crippen LogP contribution in [0.5, 0.6) is 5.75 Å². The summed E-state index contributed by atoms with van der Waals surface area (Å²) in [6, 6.07) is 11.8. The number of benzene rings is 2. The van der Waals surface area contributed by atoms with Crippen LogP contribution in [0.2, 0.25) is 0 Å². The van der Waals surface area contributed by atoms with E-state index in [1.807, 2.05) is 23.6 Å². The Kier molecular flexibility index (Phi) is 2.35. The minimum atomic E-state index is 0.314. The molecule has 1 heterocycles. The summed E-state index contributed by atoms with van der Waals surface area (Å²) in [7, 11) is 0. The molecule has 0 saturated heterocycles. The molecule has 1 aliphatic rings. The molecule has 0 atom stereocenters. The Hall–Kier alpha value is -1.87. The third-order valence-corrected chi connectivity index (χ3v) is 4.77. The van der Waals surface area contributed by atoms with Crippen LogP contribution in [0, 0.1) is 0 Å². The summed E-state index contributed by atoms with van der Waals surface area (Å²) in [5.41, 5.74) is 1.21. The van der Waals surface area contributed by atoms with Gasteiger partial charge in [-0.3, -0.25) is 0 Å². The Labute approximate surface area is 115 Å². The lowest BCUT2D eigenvalue weighted by atomic mass is 10.1. The summed E-state index contributed by atoms with van der Waals surface area (Å²) in [5.74, 6) is 1.03. The molecule has 0 amide bonds. The Bertz CT molecular complexity index is 758. The average Bonchev–Trinajstić information content (AvgIpc) is 3.16. The summed E-state index contributed by atoms with van der Waals surface area (Å²) >= 11 is 1.81. The number of aromatic nitrogens is 1. The van der Waals surface area contributed by atoms with E-state index < -0.39 is 0 Å². The number of phenolic OH excluding ortho intramolecular Hbond substituents is 1. The lowest BCUT2D eigenvalue weighted by Gasteiger charge is -2.02. The molecule has 4 rings (SSSR count). The van der Waals surface area contributed by atoms with Gasteiger partial charge in [0, 0.05) is 12.1 Å². The molecule has 1 saturated carbocycles. The number of rotatable bonds is 2. The van der Waals surface area contributed by atoms with Gasteiger partial charge in [0.05, 0.1) is 9.88 Å². The molecule has 19 heavy (non-hydrogen) atoms. The van der Waals surface area contributed by atoms with Crippen molar-refractivity contribution in [1.29, 1.82) is 0 Å². The van der Waals surface area contributed by atoms with Crippen molar-refractivity contribution in [3.05, 3.63) is 47.6 Å². The van der Waals surface area contributed by atoms with E-state index in [4.69, 9.17) is 0 Å². The van der Waals surface area contributed by atoms with Crippen LogP contribution in [0.15, 0.2) is 42.6 Å². The molecule has 1 N–H and O–H groups in total. The van der Waals surface area contributed by atoms with E-state index in [0.29, 0.717) is 5.75 Å². The zero-order valence-electron chi connectivity index (χ0n) is 10.3. The fourth-order valence-electron chi connectivity index (χ4n) is 2.33. The predicted molar refractivity (Wildman–Crippen MR) is 78.7 cm³/mol. The Morgan fingerprint density at radius 3 is 2.68 bits per heavy atom. The van der Waals surface area contributed by atoms with Crippen LogP contribution in [0.25, 0.3) is 21.2 Å². The van der Waals surface area contributed by atoms with Gasteiger partial charge in [-0.1, -0.05) is 18.2 Å². The van der Waals surface area contributed by atoms with Crippen molar-refractivity contribution in [3.8, 4) is 16.2 Å². The van der Waals surface area contributed by atoms with Crippen molar-refractivity contribution >= 4 is 22.1 Å². The van der Waals surface area contributed by atoms with Crippen LogP contribution in [-0.2, 0) is 0 Å². The van der Waals surface area contributed by atoms with Gasteiger partial charge in [0.1, 0.15) is 5.75 Å². The largest absolute Gasteiger partial charge is 0.508 e. The van der Waals surface area contributed by atoms with Crippen molar-refractivity contribution in [2.45, 2.75) is 18.8 Å². The van der Waals surface area contributed by atoms with E-state index in [0.717, 1.165) is 16.7 Å². The second kappa shape index (κ2) is 4.07. The van der Waals surface area contributed by atoms with Gasteiger partial charge < -0.3 is 5.11 Å². The molecule has 0 unspecified atom stereocenters. The zero-order chi connectivity index (χ0) is 12.8. The number of aromatic hydroxyl groups is 1. The summed E-state index contributed by atoms with van der Waals surface area (Å²) in [6.45, 7) is 0. The Morgan fingerprint density at radius 1 is 1.05 bits per heavy atom. The molecular weight excluding hydrogens is 254 g/mol. The first kappa shape index (κ1) is 11.0. The van der Waals surface area contributed by atoms with Crippen molar-refractivity contribution in [2.75, 3.05) is 0 Å². The minimum absolute atomic E-state index is 0.314. The third kappa shape index (κ3) is 2.00. The SMILES string of the molecule is Oc1ccc2cc(-c3cnc(C4CC4)s3)ccc2c1. The maximum absolute atomic E-state index is 9.48. The first-order chi connectivity index (χ1) is 9.29. The second-order valence-corrected chi connectivity index (χ2v) is 6.15. The number of nitrogens with zero attached hydrogens (tertiary/aromatic N) is 1. The number of fused-ring (bicyclic) bond motifs is 1. The van der Waals surface area contributed by atoms with Gasteiger partial charge in [-0.15, -0.1) is 11.3 Å². The van der Waals surface area contributed by atoms with Crippen molar-refractivity contribution in [3.63, 3.8) is 0 Å². The molecule has 0 spiro atoms. The highest BCUT2D eigenvalue weighted by Gasteiger charge is 2.26. The molecule has 2 aromatic carbocycles. The molecule has 94 valence electrons. The molecule has 1 aliphatic carbocycles. The predicted octanol–water partition coefficient (Wildman–Crippen LogP) is 4.55. The summed E-state index contributed by atoms with van der Waals surface area (Å²) in [6.07, 6.45) is 4.58. The highest BCUT2D eigenvalue weighted by Crippen LogP contribution is 2.43. The third-order valence-electron chi connectivity index (χ3n) is 3.56. The Morgan fingerprint density at radius 2 is 1.84 bits per heavy atom. The highest BCUT2D eigenvalue weighted by atomic mass is 32.1. The number of hydrogen-bond acceptors (Lipinski definition) is 3. The van der Waals surface area contributed by atoms with E-state index in [1.165, 1.54) is 28.3 Å². The monoisotopic (exact) mass is 267 g/mol. The van der Waals surface area contributed by atoms with Crippen molar-refractivity contribution in [2.24, 2.45) is 0 Å². The molecule has 3 heteroatoms. The van der Waals surface area contributed by atoms with E-state index in [2.05, 4.69) is 23.2 Å². The van der Waals surface area contributed by atoms with Gasteiger partial charge in [0.25, 0.3) is 0 Å². The lowest BCUT2D eigenvalue weighted by Crippen LogP contribution is -1.76. The zero-order valence-corrected chi connectivity index (χ0v) is 11.2. The van der Waals surface area contributed by atoms with Crippen LogP contribution in [0.1, 0.15) is 23.8 Å². The summed E-state index contributed by atoms with van der Waals surface area (Å²) in [4.78, 5) is 5.76. The van der Waals surface area contributed by atoms with Gasteiger partial charge in [0.2, 0.25) is 0 Å². The molecule has 1 fully saturated rings. The molecule has 3 aromatic rings. The molecule has 0 radical (unpaired) electrons. The summed E-state index contributed by atoms with van der Waals surface area (Å²) < 4.78 is 0.